The Labute approximate surface area is 396 Å². The van der Waals surface area contributed by atoms with Gasteiger partial charge in [0.2, 0.25) is 0 Å². The maximum atomic E-state index is 15.6. The first-order chi connectivity index (χ1) is 33.1. The lowest BCUT2D eigenvalue weighted by Gasteiger charge is -2.32. The standard InChI is InChI=1S/C32H35F2N7O2.C19H16ClF2N3/c1-21-30(22-4-5-28(35-19-22)40-6-2-3-7-40)37-26-17-23(33)16-25(34)29(26)31(21)38-27-18-24(39-8-12-42-13-9-39)20-36-32(27)41-10-14-43-15-11-41;1-11-18(20)17-14(22)8-13(21)9-15(17)24-19(11)12-4-5-16(23-10-12)25-6-2-3-7-25/h4-5,16-20H,2-3,6-15H2,1H3,(H,37,38);4-5,8-10H,2-3,6-7H2,1H3. The van der Waals surface area contributed by atoms with Crippen LogP contribution in [0.3, 0.4) is 0 Å². The number of aromatic nitrogens is 5. The molecule has 0 spiro atoms. The van der Waals surface area contributed by atoms with Crippen LogP contribution in [0.15, 0.2) is 73.2 Å². The van der Waals surface area contributed by atoms with Crippen LogP contribution >= 0.6 is 11.6 Å². The fourth-order valence-electron chi connectivity index (χ4n) is 9.50. The number of halogens is 5. The smallest absolute Gasteiger partial charge is 0.152 e. The van der Waals surface area contributed by atoms with Crippen molar-refractivity contribution in [2.75, 3.05) is 104 Å². The Hall–Kier alpha value is -6.36. The first-order valence-electron chi connectivity index (χ1n) is 23.2. The van der Waals surface area contributed by atoms with Gasteiger partial charge in [0.25, 0.3) is 0 Å². The predicted molar refractivity (Wildman–Crippen MR) is 261 cm³/mol. The number of pyridine rings is 5. The van der Waals surface area contributed by atoms with E-state index < -0.39 is 23.3 Å². The van der Waals surface area contributed by atoms with E-state index in [0.29, 0.717) is 62.2 Å². The maximum Gasteiger partial charge on any atom is 0.152 e. The van der Waals surface area contributed by atoms with Gasteiger partial charge in [-0.2, -0.15) is 0 Å². The van der Waals surface area contributed by atoms with Gasteiger partial charge < -0.3 is 34.4 Å². The summed E-state index contributed by atoms with van der Waals surface area (Å²) in [6.45, 7) is 13.1. The van der Waals surface area contributed by atoms with Crippen molar-refractivity contribution in [3.8, 4) is 22.5 Å². The molecule has 0 bridgehead atoms. The number of hydrogen-bond acceptors (Lipinski definition) is 12. The summed E-state index contributed by atoms with van der Waals surface area (Å²) in [5.41, 5.74) is 6.78. The van der Waals surface area contributed by atoms with Crippen LogP contribution in [0.1, 0.15) is 36.8 Å². The highest BCUT2D eigenvalue weighted by atomic mass is 35.5. The second kappa shape index (κ2) is 19.7. The number of hydrogen-bond donors (Lipinski definition) is 1. The van der Waals surface area contributed by atoms with Crippen molar-refractivity contribution in [2.45, 2.75) is 39.5 Å². The van der Waals surface area contributed by atoms with Crippen LogP contribution in [0.25, 0.3) is 44.3 Å². The summed E-state index contributed by atoms with van der Waals surface area (Å²) in [6, 6.07) is 14.1. The fourth-order valence-corrected chi connectivity index (χ4v) is 9.78. The zero-order valence-corrected chi connectivity index (χ0v) is 38.7. The Balaban J connectivity index is 0.000000183. The molecule has 352 valence electrons. The molecular formula is C51H51ClF4N10O2. The van der Waals surface area contributed by atoms with Crippen molar-refractivity contribution in [3.05, 3.63) is 113 Å². The molecule has 0 atom stereocenters. The molecular weight excluding hydrogens is 896 g/mol. The van der Waals surface area contributed by atoms with Crippen molar-refractivity contribution < 1.29 is 27.0 Å². The van der Waals surface area contributed by atoms with E-state index in [1.807, 2.05) is 37.4 Å². The highest BCUT2D eigenvalue weighted by Crippen LogP contribution is 2.41. The van der Waals surface area contributed by atoms with Gasteiger partial charge in [-0.05, 0) is 81.0 Å². The second-order valence-corrected chi connectivity index (χ2v) is 17.9. The molecule has 12 nitrogen and oxygen atoms in total. The van der Waals surface area contributed by atoms with E-state index in [2.05, 4.69) is 41.0 Å². The first-order valence-corrected chi connectivity index (χ1v) is 23.6. The maximum absolute atomic E-state index is 15.6. The lowest BCUT2D eigenvalue weighted by atomic mass is 10.0. The minimum absolute atomic E-state index is 0.144. The highest BCUT2D eigenvalue weighted by molar-refractivity contribution is 6.36. The van der Waals surface area contributed by atoms with Crippen LogP contribution in [0.4, 0.5) is 52.1 Å². The SMILES string of the molecule is Cc1c(-c2ccc(N3CCCC3)nc2)nc2cc(F)cc(F)c2c1Cl.Cc1c(-c2ccc(N3CCCC3)nc2)nc2cc(F)cc(F)c2c1Nc1cc(N2CCOCC2)cnc1N1CCOCC1. The van der Waals surface area contributed by atoms with Gasteiger partial charge in [-0.25, -0.2) is 42.5 Å². The summed E-state index contributed by atoms with van der Waals surface area (Å²) in [5.74, 6) is -0.113. The summed E-state index contributed by atoms with van der Waals surface area (Å²) in [4.78, 5) is 32.2. The Morgan fingerprint density at radius 3 is 1.57 bits per heavy atom. The van der Waals surface area contributed by atoms with Gasteiger partial charge in [0, 0.05) is 100 Å². The van der Waals surface area contributed by atoms with Gasteiger partial charge in [-0.1, -0.05) is 11.6 Å². The van der Waals surface area contributed by atoms with Gasteiger partial charge in [-0.15, -0.1) is 0 Å². The minimum Gasteiger partial charge on any atom is -0.378 e. The quantitative estimate of drug-likeness (QED) is 0.147. The number of ether oxygens (including phenoxy) is 2. The second-order valence-electron chi connectivity index (χ2n) is 17.5. The van der Waals surface area contributed by atoms with Crippen LogP contribution < -0.4 is 24.9 Å². The Bertz CT molecular complexity index is 2960. The molecule has 68 heavy (non-hydrogen) atoms. The van der Waals surface area contributed by atoms with Crippen molar-refractivity contribution in [2.24, 2.45) is 0 Å². The number of nitrogens with one attached hydrogen (secondary N) is 1. The molecule has 2 aromatic carbocycles. The molecule has 0 saturated carbocycles. The monoisotopic (exact) mass is 946 g/mol. The van der Waals surface area contributed by atoms with Crippen molar-refractivity contribution in [1.82, 2.24) is 24.9 Å². The van der Waals surface area contributed by atoms with Crippen molar-refractivity contribution >= 4 is 67.9 Å². The van der Waals surface area contributed by atoms with E-state index in [4.69, 9.17) is 36.0 Å². The molecule has 17 heteroatoms. The molecule has 4 aliphatic heterocycles. The minimum atomic E-state index is -0.704. The third-order valence-electron chi connectivity index (χ3n) is 13.1. The fraction of sp³-hybridized carbons (Fsp3) is 0.353. The van der Waals surface area contributed by atoms with Gasteiger partial charge in [-0.3, -0.25) is 0 Å². The molecule has 11 rings (SSSR count). The molecule has 1 N–H and O–H groups in total. The molecule has 0 unspecified atom stereocenters. The van der Waals surface area contributed by atoms with Gasteiger partial charge in [0.1, 0.15) is 34.9 Å². The summed E-state index contributed by atoms with van der Waals surface area (Å²) in [7, 11) is 0. The molecule has 0 aliphatic carbocycles. The number of fused-ring (bicyclic) bond motifs is 2. The van der Waals surface area contributed by atoms with Crippen LogP contribution in [-0.2, 0) is 9.47 Å². The van der Waals surface area contributed by atoms with E-state index in [9.17, 15) is 13.2 Å². The van der Waals surface area contributed by atoms with Crippen LogP contribution in [-0.4, -0.2) is 104 Å². The summed E-state index contributed by atoms with van der Waals surface area (Å²) < 4.78 is 68.9. The molecule has 4 fully saturated rings. The molecule has 0 radical (unpaired) electrons. The van der Waals surface area contributed by atoms with Crippen LogP contribution in [0.5, 0.6) is 0 Å². The molecule has 7 aromatic rings. The van der Waals surface area contributed by atoms with Gasteiger partial charge >= 0.3 is 0 Å². The Morgan fingerprint density at radius 1 is 0.544 bits per heavy atom. The Kier molecular flexibility index (Phi) is 13.2. The highest BCUT2D eigenvalue weighted by Gasteiger charge is 2.25. The number of nitrogens with zero attached hydrogens (tertiary/aromatic N) is 9. The van der Waals surface area contributed by atoms with E-state index in [1.165, 1.54) is 25.0 Å². The molecule has 0 amide bonds. The molecule has 5 aromatic heterocycles. The predicted octanol–water partition coefficient (Wildman–Crippen LogP) is 10.4. The lowest BCUT2D eigenvalue weighted by Crippen LogP contribution is -2.38. The average Bonchev–Trinajstić information content (AvgIpc) is 4.11. The van der Waals surface area contributed by atoms with Crippen LogP contribution in [0, 0.1) is 37.1 Å². The zero-order chi connectivity index (χ0) is 46.9. The number of morpholine rings is 2. The molecule has 4 saturated heterocycles. The van der Waals surface area contributed by atoms with E-state index in [1.54, 1.807) is 19.3 Å². The number of anilines is 6. The number of benzene rings is 2. The van der Waals surface area contributed by atoms with E-state index >= 15 is 4.39 Å². The topological polar surface area (TPSA) is 108 Å². The van der Waals surface area contributed by atoms with E-state index in [-0.39, 0.29) is 26.8 Å². The summed E-state index contributed by atoms with van der Waals surface area (Å²) in [5, 5.41) is 4.18. The summed E-state index contributed by atoms with van der Waals surface area (Å²) in [6.07, 6.45) is 10.1. The normalized spacial score (nSPS) is 16.5. The van der Waals surface area contributed by atoms with Crippen molar-refractivity contribution in [3.63, 3.8) is 0 Å². The molecule has 4 aliphatic rings. The molecule has 9 heterocycles. The Morgan fingerprint density at radius 2 is 1.04 bits per heavy atom. The van der Waals surface area contributed by atoms with Crippen LogP contribution in [0.2, 0.25) is 5.02 Å². The zero-order valence-electron chi connectivity index (χ0n) is 38.0. The first kappa shape index (κ1) is 45.4. The lowest BCUT2D eigenvalue weighted by molar-refractivity contribution is 0.122. The largest absolute Gasteiger partial charge is 0.378 e. The van der Waals surface area contributed by atoms with Gasteiger partial charge in [0.15, 0.2) is 5.82 Å². The third kappa shape index (κ3) is 9.28. The van der Waals surface area contributed by atoms with Crippen molar-refractivity contribution in [1.29, 1.82) is 0 Å². The summed E-state index contributed by atoms with van der Waals surface area (Å²) >= 11 is 6.34. The number of rotatable bonds is 8. The average molecular weight is 947 g/mol. The van der Waals surface area contributed by atoms with Gasteiger partial charge in [0.05, 0.1) is 87.9 Å². The van der Waals surface area contributed by atoms with E-state index in [0.717, 1.165) is 110 Å². The third-order valence-corrected chi connectivity index (χ3v) is 13.6.